The van der Waals surface area contributed by atoms with E-state index in [9.17, 15) is 0 Å². The van der Waals surface area contributed by atoms with Crippen LogP contribution < -0.4 is 5.73 Å². The van der Waals surface area contributed by atoms with E-state index in [1.54, 1.807) is 0 Å². The van der Waals surface area contributed by atoms with Crippen molar-refractivity contribution in [2.24, 2.45) is 5.73 Å². The Morgan fingerprint density at radius 3 is 3.06 bits per heavy atom. The van der Waals surface area contributed by atoms with Gasteiger partial charge in [-0.15, -0.1) is 0 Å². The fourth-order valence-electron chi connectivity index (χ4n) is 2.33. The maximum absolute atomic E-state index is 6.13. The predicted octanol–water partition coefficient (Wildman–Crippen LogP) is 2.73. The molecule has 1 aliphatic carbocycles. The van der Waals surface area contributed by atoms with Crippen LogP contribution in [0.5, 0.6) is 0 Å². The lowest BCUT2D eigenvalue weighted by Gasteiger charge is -2.14. The van der Waals surface area contributed by atoms with Gasteiger partial charge in [-0.2, -0.15) is 0 Å². The van der Waals surface area contributed by atoms with Crippen LogP contribution in [0.15, 0.2) is 28.7 Å². The molecule has 2 N–H and O–H groups in total. The van der Waals surface area contributed by atoms with Gasteiger partial charge in [-0.1, -0.05) is 29.8 Å². The zero-order valence-corrected chi connectivity index (χ0v) is 10.8. The Balaban J connectivity index is 1.84. The third-order valence-electron chi connectivity index (χ3n) is 3.32. The van der Waals surface area contributed by atoms with Gasteiger partial charge >= 0.3 is 0 Å². The number of hydrogen-bond acceptors (Lipinski definition) is 3. The Bertz CT molecular complexity index is 565. The van der Waals surface area contributed by atoms with Gasteiger partial charge in [-0.3, -0.25) is 0 Å². The van der Waals surface area contributed by atoms with E-state index in [1.807, 2.05) is 24.3 Å². The third kappa shape index (κ3) is 2.28. The third-order valence-corrected chi connectivity index (χ3v) is 3.69. The zero-order valence-electron chi connectivity index (χ0n) is 10.0. The van der Waals surface area contributed by atoms with Gasteiger partial charge in [-0.05, 0) is 24.5 Å². The topological polar surface area (TPSA) is 52.0 Å². The molecule has 0 amide bonds. The number of halogens is 1. The molecule has 1 unspecified atom stereocenters. The first-order valence-corrected chi connectivity index (χ1v) is 6.56. The summed E-state index contributed by atoms with van der Waals surface area (Å²) >= 11 is 6.13. The lowest BCUT2D eigenvalue weighted by Crippen LogP contribution is -2.27. The molecule has 0 bridgehead atoms. The summed E-state index contributed by atoms with van der Waals surface area (Å²) < 4.78 is 5.79. The van der Waals surface area contributed by atoms with Crippen molar-refractivity contribution in [3.63, 3.8) is 0 Å². The molecule has 1 aromatic carbocycles. The molecule has 1 atom stereocenters. The van der Waals surface area contributed by atoms with Crippen LogP contribution in [-0.4, -0.2) is 11.0 Å². The Morgan fingerprint density at radius 2 is 2.22 bits per heavy atom. The fourth-order valence-corrected chi connectivity index (χ4v) is 2.54. The standard InChI is InChI=1S/C14H15ClN2O/c15-11-4-2-1-3-9(11)7-14-17-12-6-5-10(16)8-13(12)18-14/h1-4,10H,5-8,16H2. The fraction of sp³-hybridized carbons (Fsp3) is 0.357. The SMILES string of the molecule is NC1CCc2nc(Cc3ccccc3Cl)oc2C1. The largest absolute Gasteiger partial charge is 0.445 e. The minimum absolute atomic E-state index is 0.207. The number of fused-ring (bicyclic) bond motifs is 1. The zero-order chi connectivity index (χ0) is 12.5. The maximum atomic E-state index is 6.13. The van der Waals surface area contributed by atoms with Crippen molar-refractivity contribution >= 4 is 11.6 Å². The number of hydrogen-bond donors (Lipinski definition) is 1. The molecule has 0 fully saturated rings. The summed E-state index contributed by atoms with van der Waals surface area (Å²) in [7, 11) is 0. The molecule has 1 aromatic heterocycles. The molecule has 4 heteroatoms. The summed E-state index contributed by atoms with van der Waals surface area (Å²) in [6, 6.07) is 7.98. The van der Waals surface area contributed by atoms with Gasteiger partial charge in [0.2, 0.25) is 0 Å². The molecule has 0 aliphatic heterocycles. The van der Waals surface area contributed by atoms with Crippen LogP contribution in [-0.2, 0) is 19.3 Å². The summed E-state index contributed by atoms with van der Waals surface area (Å²) in [4.78, 5) is 4.54. The molecule has 0 spiro atoms. The van der Waals surface area contributed by atoms with Crippen LogP contribution in [0.2, 0.25) is 5.02 Å². The number of benzene rings is 1. The van der Waals surface area contributed by atoms with Gasteiger partial charge in [0.25, 0.3) is 0 Å². The highest BCUT2D eigenvalue weighted by Gasteiger charge is 2.21. The molecular formula is C14H15ClN2O. The number of nitrogens with two attached hydrogens (primary N) is 1. The molecule has 1 aliphatic rings. The molecule has 2 aromatic rings. The summed E-state index contributed by atoms with van der Waals surface area (Å²) in [5.74, 6) is 1.69. The van der Waals surface area contributed by atoms with E-state index in [0.29, 0.717) is 6.42 Å². The van der Waals surface area contributed by atoms with Crippen LogP contribution in [0.4, 0.5) is 0 Å². The Morgan fingerprint density at radius 1 is 1.39 bits per heavy atom. The maximum Gasteiger partial charge on any atom is 0.199 e. The van der Waals surface area contributed by atoms with Gasteiger partial charge in [0, 0.05) is 17.5 Å². The van der Waals surface area contributed by atoms with Gasteiger partial charge in [-0.25, -0.2) is 4.98 Å². The van der Waals surface area contributed by atoms with Crippen molar-refractivity contribution in [3.05, 3.63) is 52.2 Å². The van der Waals surface area contributed by atoms with Crippen LogP contribution >= 0.6 is 11.6 Å². The normalized spacial score (nSPS) is 18.7. The first-order valence-electron chi connectivity index (χ1n) is 6.19. The number of aromatic nitrogens is 1. The summed E-state index contributed by atoms with van der Waals surface area (Å²) in [6.07, 6.45) is 3.35. The van der Waals surface area contributed by atoms with E-state index in [1.165, 1.54) is 0 Å². The molecule has 0 saturated heterocycles. The van der Waals surface area contributed by atoms with Gasteiger partial charge < -0.3 is 10.2 Å². The lowest BCUT2D eigenvalue weighted by molar-refractivity contribution is 0.427. The first kappa shape index (κ1) is 11.8. The summed E-state index contributed by atoms with van der Waals surface area (Å²) in [5.41, 5.74) is 8.04. The molecule has 1 heterocycles. The number of oxazole rings is 1. The van der Waals surface area contributed by atoms with Crippen molar-refractivity contribution in [1.82, 2.24) is 4.98 Å². The minimum atomic E-state index is 0.207. The highest BCUT2D eigenvalue weighted by Crippen LogP contribution is 2.24. The Hall–Kier alpha value is -1.32. The number of nitrogens with zero attached hydrogens (tertiary/aromatic N) is 1. The van der Waals surface area contributed by atoms with Crippen molar-refractivity contribution in [1.29, 1.82) is 0 Å². The van der Waals surface area contributed by atoms with E-state index in [-0.39, 0.29) is 6.04 Å². The van der Waals surface area contributed by atoms with E-state index in [0.717, 1.165) is 47.2 Å². The second-order valence-electron chi connectivity index (χ2n) is 4.75. The van der Waals surface area contributed by atoms with E-state index in [4.69, 9.17) is 21.8 Å². The molecule has 0 saturated carbocycles. The highest BCUT2D eigenvalue weighted by molar-refractivity contribution is 6.31. The quantitative estimate of drug-likeness (QED) is 0.905. The predicted molar refractivity (Wildman–Crippen MR) is 70.8 cm³/mol. The Kier molecular flexibility index (Phi) is 3.10. The van der Waals surface area contributed by atoms with E-state index in [2.05, 4.69) is 4.98 Å². The van der Waals surface area contributed by atoms with Crippen molar-refractivity contribution in [3.8, 4) is 0 Å². The first-order chi connectivity index (χ1) is 8.72. The average molecular weight is 263 g/mol. The molecule has 18 heavy (non-hydrogen) atoms. The van der Waals surface area contributed by atoms with E-state index >= 15 is 0 Å². The molecular weight excluding hydrogens is 248 g/mol. The molecule has 3 rings (SSSR count). The second kappa shape index (κ2) is 4.75. The van der Waals surface area contributed by atoms with Gasteiger partial charge in [0.1, 0.15) is 5.76 Å². The minimum Gasteiger partial charge on any atom is -0.445 e. The van der Waals surface area contributed by atoms with E-state index < -0.39 is 0 Å². The molecule has 94 valence electrons. The smallest absolute Gasteiger partial charge is 0.199 e. The van der Waals surface area contributed by atoms with Crippen molar-refractivity contribution < 1.29 is 4.42 Å². The van der Waals surface area contributed by atoms with Crippen LogP contribution in [0, 0.1) is 0 Å². The van der Waals surface area contributed by atoms with Gasteiger partial charge in [0.05, 0.1) is 12.1 Å². The highest BCUT2D eigenvalue weighted by atomic mass is 35.5. The van der Waals surface area contributed by atoms with Crippen molar-refractivity contribution in [2.45, 2.75) is 31.7 Å². The summed E-state index contributed by atoms with van der Waals surface area (Å²) in [6.45, 7) is 0. The number of rotatable bonds is 2. The molecule has 3 nitrogen and oxygen atoms in total. The van der Waals surface area contributed by atoms with Crippen LogP contribution in [0.25, 0.3) is 0 Å². The van der Waals surface area contributed by atoms with Crippen LogP contribution in [0.3, 0.4) is 0 Å². The van der Waals surface area contributed by atoms with Crippen LogP contribution in [0.1, 0.15) is 29.3 Å². The second-order valence-corrected chi connectivity index (χ2v) is 5.16. The Labute approximate surface area is 111 Å². The summed E-state index contributed by atoms with van der Waals surface area (Å²) in [5, 5.41) is 0.755. The molecule has 0 radical (unpaired) electrons. The number of aryl methyl sites for hydroxylation is 1. The average Bonchev–Trinajstić information content (AvgIpc) is 2.73. The van der Waals surface area contributed by atoms with Gasteiger partial charge in [0.15, 0.2) is 5.89 Å². The monoisotopic (exact) mass is 262 g/mol. The lowest BCUT2D eigenvalue weighted by atomic mass is 9.98. The van der Waals surface area contributed by atoms with Crippen molar-refractivity contribution in [2.75, 3.05) is 0 Å².